The Labute approximate surface area is 198 Å². The fourth-order valence-corrected chi connectivity index (χ4v) is 5.42. The summed E-state index contributed by atoms with van der Waals surface area (Å²) in [6.45, 7) is 0.667. The number of carbonyl (C=O) groups is 2. The molecule has 186 valence electrons. The Balaban J connectivity index is 1.59. The van der Waals surface area contributed by atoms with Crippen molar-refractivity contribution in [2.24, 2.45) is 17.6 Å². The SMILES string of the molecule is NC(=O)C1CCN(C(=O)[C@@H]2C[C@@H](O)[C@H](O)[C@@H]3NC(=S)N(c4ccc(OC(F)(F)F)cc4)[C@H]32)CC1. The number of rotatable bonds is 4. The lowest BCUT2D eigenvalue weighted by Gasteiger charge is -2.44. The highest BCUT2D eigenvalue weighted by molar-refractivity contribution is 7.80. The van der Waals surface area contributed by atoms with Crippen molar-refractivity contribution in [3.05, 3.63) is 24.3 Å². The third kappa shape index (κ3) is 4.77. The first kappa shape index (κ1) is 24.5. The van der Waals surface area contributed by atoms with E-state index in [1.165, 1.54) is 12.1 Å². The van der Waals surface area contributed by atoms with E-state index in [0.29, 0.717) is 31.6 Å². The van der Waals surface area contributed by atoms with E-state index in [2.05, 4.69) is 10.1 Å². The molecule has 5 atom stereocenters. The molecule has 9 nitrogen and oxygen atoms in total. The van der Waals surface area contributed by atoms with Crippen LogP contribution in [-0.4, -0.2) is 75.8 Å². The predicted molar refractivity (Wildman–Crippen MR) is 118 cm³/mol. The molecule has 2 aliphatic heterocycles. The molecule has 1 aliphatic carbocycles. The molecule has 3 aliphatic rings. The number of hydrogen-bond donors (Lipinski definition) is 4. The van der Waals surface area contributed by atoms with Gasteiger partial charge in [0, 0.05) is 24.7 Å². The van der Waals surface area contributed by atoms with Gasteiger partial charge in [-0.3, -0.25) is 9.59 Å². The number of ether oxygens (including phenoxy) is 1. The highest BCUT2D eigenvalue weighted by Crippen LogP contribution is 2.38. The number of anilines is 1. The number of piperidine rings is 1. The summed E-state index contributed by atoms with van der Waals surface area (Å²) in [5.41, 5.74) is 5.78. The molecule has 1 aromatic carbocycles. The first-order valence-corrected chi connectivity index (χ1v) is 11.3. The number of nitrogens with two attached hydrogens (primary N) is 1. The number of carbonyl (C=O) groups excluding carboxylic acids is 2. The molecule has 1 aromatic rings. The fraction of sp³-hybridized carbons (Fsp3) is 0.571. The second kappa shape index (κ2) is 9.19. The smallest absolute Gasteiger partial charge is 0.406 e. The second-order valence-electron chi connectivity index (χ2n) is 8.78. The van der Waals surface area contributed by atoms with Gasteiger partial charge in [-0.15, -0.1) is 13.2 Å². The van der Waals surface area contributed by atoms with Crippen LogP contribution in [0.4, 0.5) is 18.9 Å². The van der Waals surface area contributed by atoms with Crippen LogP contribution in [0.5, 0.6) is 5.75 Å². The fourth-order valence-electron chi connectivity index (χ4n) is 5.05. The van der Waals surface area contributed by atoms with Crippen molar-refractivity contribution in [1.82, 2.24) is 10.2 Å². The molecule has 0 unspecified atom stereocenters. The lowest BCUT2D eigenvalue weighted by molar-refractivity contribution is -0.274. The van der Waals surface area contributed by atoms with Crippen LogP contribution in [0, 0.1) is 11.8 Å². The molecule has 1 saturated carbocycles. The van der Waals surface area contributed by atoms with Crippen LogP contribution < -0.4 is 20.7 Å². The van der Waals surface area contributed by atoms with Crippen molar-refractivity contribution < 1.29 is 37.7 Å². The van der Waals surface area contributed by atoms with Crippen LogP contribution in [0.3, 0.4) is 0 Å². The van der Waals surface area contributed by atoms with Crippen LogP contribution in [-0.2, 0) is 9.59 Å². The molecular formula is C21H25F3N4O5S. The number of nitrogens with one attached hydrogen (secondary N) is 1. The molecule has 13 heteroatoms. The van der Waals surface area contributed by atoms with E-state index < -0.39 is 48.2 Å². The Morgan fingerprint density at radius 1 is 1.15 bits per heavy atom. The van der Waals surface area contributed by atoms with Crippen LogP contribution in [0.25, 0.3) is 0 Å². The molecule has 0 aromatic heterocycles. The molecule has 2 saturated heterocycles. The van der Waals surface area contributed by atoms with Crippen LogP contribution in [0.15, 0.2) is 24.3 Å². The average molecular weight is 503 g/mol. The van der Waals surface area contributed by atoms with Gasteiger partial charge in [0.15, 0.2) is 5.11 Å². The van der Waals surface area contributed by atoms with Gasteiger partial charge < -0.3 is 35.8 Å². The molecule has 5 N–H and O–H groups in total. The Morgan fingerprint density at radius 2 is 1.76 bits per heavy atom. The van der Waals surface area contributed by atoms with Crippen molar-refractivity contribution >= 4 is 34.8 Å². The minimum absolute atomic E-state index is 0.0209. The van der Waals surface area contributed by atoms with Crippen molar-refractivity contribution in [3.8, 4) is 5.75 Å². The lowest BCUT2D eigenvalue weighted by Crippen LogP contribution is -2.61. The summed E-state index contributed by atoms with van der Waals surface area (Å²) >= 11 is 5.42. The van der Waals surface area contributed by atoms with Gasteiger partial charge in [0.1, 0.15) is 11.9 Å². The van der Waals surface area contributed by atoms with Gasteiger partial charge in [0.05, 0.1) is 24.1 Å². The predicted octanol–water partition coefficient (Wildman–Crippen LogP) is 0.482. The van der Waals surface area contributed by atoms with Crippen molar-refractivity contribution in [3.63, 3.8) is 0 Å². The van der Waals surface area contributed by atoms with Crippen molar-refractivity contribution in [2.45, 2.75) is 49.9 Å². The Kier molecular flexibility index (Phi) is 6.62. The molecule has 3 fully saturated rings. The van der Waals surface area contributed by atoms with Gasteiger partial charge in [-0.05, 0) is 55.7 Å². The van der Waals surface area contributed by atoms with Crippen molar-refractivity contribution in [1.29, 1.82) is 0 Å². The molecular weight excluding hydrogens is 477 g/mol. The maximum atomic E-state index is 13.5. The number of amides is 2. The minimum Gasteiger partial charge on any atom is -0.406 e. The van der Waals surface area contributed by atoms with Crippen LogP contribution in [0.2, 0.25) is 0 Å². The normalized spacial score (nSPS) is 30.0. The monoisotopic (exact) mass is 502 g/mol. The molecule has 2 heterocycles. The van der Waals surface area contributed by atoms with Gasteiger partial charge >= 0.3 is 6.36 Å². The van der Waals surface area contributed by atoms with Crippen molar-refractivity contribution in [2.75, 3.05) is 18.0 Å². The number of thiocarbonyl (C=S) groups is 1. The first-order chi connectivity index (χ1) is 16.0. The van der Waals surface area contributed by atoms with E-state index in [0.717, 1.165) is 12.1 Å². The molecule has 0 spiro atoms. The number of aliphatic hydroxyl groups excluding tert-OH is 2. The third-order valence-electron chi connectivity index (χ3n) is 6.72. The number of nitrogens with zero attached hydrogens (tertiary/aromatic N) is 2. The summed E-state index contributed by atoms with van der Waals surface area (Å²) in [6, 6.07) is 3.60. The second-order valence-corrected chi connectivity index (χ2v) is 9.17. The summed E-state index contributed by atoms with van der Waals surface area (Å²) in [5.74, 6) is -2.12. The van der Waals surface area contributed by atoms with E-state index >= 15 is 0 Å². The summed E-state index contributed by atoms with van der Waals surface area (Å²) in [4.78, 5) is 28.2. The average Bonchev–Trinajstić information content (AvgIpc) is 3.12. The van der Waals surface area contributed by atoms with E-state index in [9.17, 15) is 33.0 Å². The zero-order valence-corrected chi connectivity index (χ0v) is 18.8. The standard InChI is InChI=1S/C21H25F3N4O5S/c22-21(23,24)33-12-3-1-11(2-4-12)28-16-13(9-14(29)17(30)15(16)26-20(28)34)19(32)27-7-5-10(6-8-27)18(25)31/h1-4,10,13-17,29-30H,5-9H2,(H2,25,31)(H,26,34)/t13-,14-,15-,16+,17+/m1/s1. The zero-order valence-electron chi connectivity index (χ0n) is 17.9. The summed E-state index contributed by atoms with van der Waals surface area (Å²) < 4.78 is 41.4. The summed E-state index contributed by atoms with van der Waals surface area (Å²) in [7, 11) is 0. The number of halogens is 3. The van der Waals surface area contributed by atoms with E-state index in [-0.39, 0.29) is 23.4 Å². The lowest BCUT2D eigenvalue weighted by atomic mass is 9.76. The number of likely N-dealkylation sites (tertiary alicyclic amines) is 1. The first-order valence-electron chi connectivity index (χ1n) is 10.9. The summed E-state index contributed by atoms with van der Waals surface area (Å²) in [5, 5.41) is 24.2. The Bertz CT molecular complexity index is 955. The number of alkyl halides is 3. The van der Waals surface area contributed by atoms with Gasteiger partial charge in [-0.1, -0.05) is 0 Å². The quantitative estimate of drug-likeness (QED) is 0.438. The van der Waals surface area contributed by atoms with E-state index in [4.69, 9.17) is 18.0 Å². The highest BCUT2D eigenvalue weighted by atomic mass is 32.1. The van der Waals surface area contributed by atoms with E-state index in [1.807, 2.05) is 0 Å². The largest absolute Gasteiger partial charge is 0.573 e. The molecule has 2 amide bonds. The number of aliphatic hydroxyl groups is 2. The van der Waals surface area contributed by atoms with Crippen LogP contribution in [0.1, 0.15) is 19.3 Å². The molecule has 34 heavy (non-hydrogen) atoms. The maximum Gasteiger partial charge on any atom is 0.573 e. The van der Waals surface area contributed by atoms with Gasteiger partial charge in [0.25, 0.3) is 0 Å². The Hall–Kier alpha value is -2.64. The number of benzene rings is 1. The topological polar surface area (TPSA) is 128 Å². The Morgan fingerprint density at radius 3 is 2.32 bits per heavy atom. The van der Waals surface area contributed by atoms with E-state index in [1.54, 1.807) is 9.80 Å². The maximum absolute atomic E-state index is 13.5. The van der Waals surface area contributed by atoms with Gasteiger partial charge in [0.2, 0.25) is 11.8 Å². The van der Waals surface area contributed by atoms with Gasteiger partial charge in [-0.2, -0.15) is 0 Å². The third-order valence-corrected chi connectivity index (χ3v) is 7.03. The molecule has 0 bridgehead atoms. The number of primary amides is 1. The minimum atomic E-state index is -4.83. The van der Waals surface area contributed by atoms with Gasteiger partial charge in [-0.25, -0.2) is 0 Å². The summed E-state index contributed by atoms with van der Waals surface area (Å²) in [6.07, 6.45) is -6.35. The number of hydrogen-bond acceptors (Lipinski definition) is 6. The highest BCUT2D eigenvalue weighted by Gasteiger charge is 2.54. The van der Waals surface area contributed by atoms with Crippen LogP contribution >= 0.6 is 12.2 Å². The zero-order chi connectivity index (χ0) is 24.8. The molecule has 0 radical (unpaired) electrons. The molecule has 4 rings (SSSR count). The number of fused-ring (bicyclic) bond motifs is 1.